The van der Waals surface area contributed by atoms with E-state index in [0.29, 0.717) is 23.5 Å². The minimum Gasteiger partial charge on any atom is -0.427 e. The average Bonchev–Trinajstić information content (AvgIpc) is 2.72. The van der Waals surface area contributed by atoms with Crippen molar-refractivity contribution in [3.63, 3.8) is 0 Å². The van der Waals surface area contributed by atoms with Crippen LogP contribution in [-0.4, -0.2) is 17.8 Å². The number of hydrogen-bond acceptors (Lipinski definition) is 4. The lowest BCUT2D eigenvalue weighted by Crippen LogP contribution is -2.22. The van der Waals surface area contributed by atoms with E-state index < -0.39 is 5.97 Å². The summed E-state index contributed by atoms with van der Waals surface area (Å²) in [4.78, 5) is 35.6. The Labute approximate surface area is 188 Å². The van der Waals surface area contributed by atoms with Crippen LogP contribution in [0.4, 0.5) is 5.69 Å². The maximum absolute atomic E-state index is 12.4. The molecule has 0 aliphatic heterocycles. The van der Waals surface area contributed by atoms with Gasteiger partial charge in [0.25, 0.3) is 5.91 Å². The number of rotatable bonds is 7. The Morgan fingerprint density at radius 2 is 1.65 bits per heavy atom. The van der Waals surface area contributed by atoms with Crippen molar-refractivity contribution in [2.24, 2.45) is 0 Å². The van der Waals surface area contributed by atoms with E-state index in [2.05, 4.69) is 26.6 Å². The maximum Gasteiger partial charge on any atom is 0.308 e. The third-order valence-corrected chi connectivity index (χ3v) is 4.80. The molecule has 0 saturated carbocycles. The first-order valence-corrected chi connectivity index (χ1v) is 10.4. The highest BCUT2D eigenvalue weighted by Gasteiger charge is 2.08. The van der Waals surface area contributed by atoms with Crippen LogP contribution in [0.5, 0.6) is 5.75 Å². The summed E-state index contributed by atoms with van der Waals surface area (Å²) in [6.07, 6.45) is 0.281. The predicted molar refractivity (Wildman–Crippen MR) is 122 cm³/mol. The number of ether oxygens (including phenoxy) is 1. The third kappa shape index (κ3) is 7.08. The zero-order valence-electron chi connectivity index (χ0n) is 16.9. The molecule has 158 valence electrons. The summed E-state index contributed by atoms with van der Waals surface area (Å²) in [5.41, 5.74) is 2.89. The molecule has 0 unspecified atom stereocenters. The number of halogens is 1. The first-order valence-electron chi connectivity index (χ1n) is 9.59. The molecule has 3 rings (SSSR count). The molecule has 7 heteroatoms. The van der Waals surface area contributed by atoms with E-state index in [1.807, 2.05) is 36.4 Å². The van der Waals surface area contributed by atoms with Gasteiger partial charge >= 0.3 is 5.97 Å². The van der Waals surface area contributed by atoms with E-state index in [1.54, 1.807) is 30.3 Å². The topological polar surface area (TPSA) is 84.5 Å². The Hall–Kier alpha value is -3.45. The zero-order chi connectivity index (χ0) is 22.2. The molecule has 0 spiro atoms. The Bertz CT molecular complexity index is 1100. The number of hydrogen-bond donors (Lipinski definition) is 2. The summed E-state index contributed by atoms with van der Waals surface area (Å²) < 4.78 is 5.93. The van der Waals surface area contributed by atoms with Crippen molar-refractivity contribution < 1.29 is 19.1 Å². The van der Waals surface area contributed by atoms with Gasteiger partial charge in [0, 0.05) is 29.2 Å². The minimum absolute atomic E-state index is 0.105. The summed E-state index contributed by atoms with van der Waals surface area (Å²) in [6.45, 7) is 1.63. The van der Waals surface area contributed by atoms with E-state index in [0.717, 1.165) is 15.6 Å². The molecule has 0 atom stereocenters. The number of anilines is 1. The highest BCUT2D eigenvalue weighted by molar-refractivity contribution is 9.10. The average molecular weight is 481 g/mol. The normalized spacial score (nSPS) is 10.3. The van der Waals surface area contributed by atoms with Gasteiger partial charge in [-0.05, 0) is 53.6 Å². The Morgan fingerprint density at radius 1 is 0.903 bits per heavy atom. The lowest BCUT2D eigenvalue weighted by molar-refractivity contribution is -0.131. The van der Waals surface area contributed by atoms with Crippen LogP contribution in [0.2, 0.25) is 0 Å². The lowest BCUT2D eigenvalue weighted by Gasteiger charge is -2.09. The van der Waals surface area contributed by atoms with E-state index in [9.17, 15) is 14.4 Å². The molecule has 0 saturated heterocycles. The van der Waals surface area contributed by atoms with Crippen molar-refractivity contribution in [2.75, 3.05) is 5.32 Å². The van der Waals surface area contributed by atoms with Crippen LogP contribution in [0.25, 0.3) is 0 Å². The van der Waals surface area contributed by atoms with E-state index in [-0.39, 0.29) is 18.2 Å². The minimum atomic E-state index is -0.443. The summed E-state index contributed by atoms with van der Waals surface area (Å²) in [7, 11) is 0. The molecule has 3 aromatic carbocycles. The molecule has 6 nitrogen and oxygen atoms in total. The van der Waals surface area contributed by atoms with Gasteiger partial charge in [0.2, 0.25) is 5.91 Å². The molecular weight excluding hydrogens is 460 g/mol. The zero-order valence-corrected chi connectivity index (χ0v) is 18.4. The summed E-state index contributed by atoms with van der Waals surface area (Å²) in [5.74, 6) is -0.503. The van der Waals surface area contributed by atoms with Crippen molar-refractivity contribution in [3.05, 3.63) is 94.0 Å². The molecule has 0 fully saturated rings. The van der Waals surface area contributed by atoms with Crippen LogP contribution in [0, 0.1) is 0 Å². The summed E-state index contributed by atoms with van der Waals surface area (Å²) in [5, 5.41) is 5.69. The van der Waals surface area contributed by atoms with Crippen LogP contribution in [0.1, 0.15) is 28.4 Å². The van der Waals surface area contributed by atoms with E-state index in [1.165, 1.54) is 13.0 Å². The Balaban J connectivity index is 1.51. The van der Waals surface area contributed by atoms with Gasteiger partial charge in [0.1, 0.15) is 5.75 Å². The van der Waals surface area contributed by atoms with Crippen molar-refractivity contribution in [3.8, 4) is 5.75 Å². The number of carbonyl (C=O) groups is 3. The first-order chi connectivity index (χ1) is 14.9. The lowest BCUT2D eigenvalue weighted by atomic mass is 10.1. The number of esters is 1. The fourth-order valence-electron chi connectivity index (χ4n) is 2.89. The number of nitrogens with one attached hydrogen (secondary N) is 2. The molecule has 0 bridgehead atoms. The largest absolute Gasteiger partial charge is 0.427 e. The van der Waals surface area contributed by atoms with Gasteiger partial charge in [-0.2, -0.15) is 0 Å². The fraction of sp³-hybridized carbons (Fsp3) is 0.125. The standard InChI is InChI=1S/C24H21BrN2O4/c1-16(28)31-22-7-3-5-19(14-22)24(30)26-15-17-8-10-21(11-9-17)27-23(29)13-18-4-2-6-20(25)12-18/h2-12,14H,13,15H2,1H3,(H,26,30)(H,27,29). The van der Waals surface area contributed by atoms with Gasteiger partial charge in [0.05, 0.1) is 6.42 Å². The van der Waals surface area contributed by atoms with Crippen LogP contribution in [0.15, 0.2) is 77.3 Å². The smallest absolute Gasteiger partial charge is 0.308 e. The van der Waals surface area contributed by atoms with Gasteiger partial charge in [-0.3, -0.25) is 14.4 Å². The molecule has 0 aromatic heterocycles. The number of benzene rings is 3. The van der Waals surface area contributed by atoms with Gasteiger partial charge < -0.3 is 15.4 Å². The number of carbonyl (C=O) groups excluding carboxylic acids is 3. The SMILES string of the molecule is CC(=O)Oc1cccc(C(=O)NCc2ccc(NC(=O)Cc3cccc(Br)c3)cc2)c1. The predicted octanol–water partition coefficient (Wildman–Crippen LogP) is 4.49. The molecule has 3 aromatic rings. The second-order valence-electron chi connectivity index (χ2n) is 6.86. The second kappa shape index (κ2) is 10.5. The fourth-order valence-corrected chi connectivity index (χ4v) is 3.34. The van der Waals surface area contributed by atoms with Gasteiger partial charge in [-0.25, -0.2) is 0 Å². The van der Waals surface area contributed by atoms with Gasteiger partial charge in [-0.15, -0.1) is 0 Å². The van der Waals surface area contributed by atoms with Crippen molar-refractivity contribution >= 4 is 39.4 Å². The molecular formula is C24H21BrN2O4. The van der Waals surface area contributed by atoms with E-state index >= 15 is 0 Å². The molecule has 31 heavy (non-hydrogen) atoms. The second-order valence-corrected chi connectivity index (χ2v) is 7.77. The quantitative estimate of drug-likeness (QED) is 0.385. The van der Waals surface area contributed by atoms with Crippen LogP contribution in [-0.2, 0) is 22.6 Å². The maximum atomic E-state index is 12.4. The molecule has 0 aliphatic rings. The van der Waals surface area contributed by atoms with E-state index in [4.69, 9.17) is 4.74 Å². The van der Waals surface area contributed by atoms with Crippen molar-refractivity contribution in [2.45, 2.75) is 19.9 Å². The van der Waals surface area contributed by atoms with Crippen LogP contribution in [0.3, 0.4) is 0 Å². The highest BCUT2D eigenvalue weighted by atomic mass is 79.9. The van der Waals surface area contributed by atoms with Crippen LogP contribution < -0.4 is 15.4 Å². The van der Waals surface area contributed by atoms with Crippen molar-refractivity contribution in [1.29, 1.82) is 0 Å². The van der Waals surface area contributed by atoms with Gasteiger partial charge in [-0.1, -0.05) is 46.3 Å². The third-order valence-electron chi connectivity index (χ3n) is 4.30. The molecule has 0 heterocycles. The monoisotopic (exact) mass is 480 g/mol. The summed E-state index contributed by atoms with van der Waals surface area (Å²) >= 11 is 3.40. The molecule has 0 aliphatic carbocycles. The van der Waals surface area contributed by atoms with Crippen molar-refractivity contribution in [1.82, 2.24) is 5.32 Å². The molecule has 2 amide bonds. The van der Waals surface area contributed by atoms with Gasteiger partial charge in [0.15, 0.2) is 0 Å². The first kappa shape index (κ1) is 22.2. The number of amides is 2. The Morgan fingerprint density at radius 3 is 2.35 bits per heavy atom. The molecule has 2 N–H and O–H groups in total. The van der Waals surface area contributed by atoms with Crippen LogP contribution >= 0.6 is 15.9 Å². The molecule has 0 radical (unpaired) electrons. The Kier molecular flexibility index (Phi) is 7.56. The summed E-state index contributed by atoms with van der Waals surface area (Å²) in [6, 6.07) is 21.3. The highest BCUT2D eigenvalue weighted by Crippen LogP contribution is 2.15.